The predicted octanol–water partition coefficient (Wildman–Crippen LogP) is 1.93. The number of benzene rings is 1. The molecule has 5 heteroatoms. The molecule has 18 heavy (non-hydrogen) atoms. The van der Waals surface area contributed by atoms with Gasteiger partial charge < -0.3 is 15.4 Å². The van der Waals surface area contributed by atoms with E-state index in [9.17, 15) is 4.79 Å². The van der Waals surface area contributed by atoms with Gasteiger partial charge in [0.05, 0.1) is 23.3 Å². The lowest BCUT2D eigenvalue weighted by molar-refractivity contribution is -0.141. The zero-order chi connectivity index (χ0) is 13.1. The van der Waals surface area contributed by atoms with Gasteiger partial charge in [-0.2, -0.15) is 0 Å². The average molecular weight is 247 g/mol. The van der Waals surface area contributed by atoms with Crippen molar-refractivity contribution < 1.29 is 9.90 Å². The SMILES string of the molecule is CNC(CC(C)C(=O)O)c1ccc2nc[nH]c2c1. The number of rotatable bonds is 5. The fraction of sp³-hybridized carbons (Fsp3) is 0.385. The van der Waals surface area contributed by atoms with E-state index < -0.39 is 5.97 Å². The van der Waals surface area contributed by atoms with Crippen LogP contribution >= 0.6 is 0 Å². The largest absolute Gasteiger partial charge is 0.481 e. The zero-order valence-electron chi connectivity index (χ0n) is 10.5. The van der Waals surface area contributed by atoms with Crippen LogP contribution in [0.3, 0.4) is 0 Å². The molecule has 2 unspecified atom stereocenters. The van der Waals surface area contributed by atoms with E-state index in [-0.39, 0.29) is 12.0 Å². The summed E-state index contributed by atoms with van der Waals surface area (Å²) in [6.07, 6.45) is 2.22. The summed E-state index contributed by atoms with van der Waals surface area (Å²) in [5, 5.41) is 12.1. The summed E-state index contributed by atoms with van der Waals surface area (Å²) in [7, 11) is 1.84. The minimum absolute atomic E-state index is 0.0313. The first-order valence-corrected chi connectivity index (χ1v) is 5.95. The molecule has 2 rings (SSSR count). The molecule has 1 aromatic carbocycles. The van der Waals surface area contributed by atoms with Gasteiger partial charge in [-0.05, 0) is 31.2 Å². The van der Waals surface area contributed by atoms with Crippen LogP contribution in [0, 0.1) is 5.92 Å². The number of nitrogens with one attached hydrogen (secondary N) is 2. The van der Waals surface area contributed by atoms with Crippen LogP contribution in [-0.2, 0) is 4.79 Å². The van der Waals surface area contributed by atoms with E-state index in [4.69, 9.17) is 5.11 Å². The Labute approximate surface area is 105 Å². The number of aromatic amines is 1. The van der Waals surface area contributed by atoms with Crippen molar-refractivity contribution in [2.45, 2.75) is 19.4 Å². The molecule has 0 fully saturated rings. The maximum Gasteiger partial charge on any atom is 0.306 e. The number of hydrogen-bond donors (Lipinski definition) is 3. The Morgan fingerprint density at radius 3 is 3.00 bits per heavy atom. The summed E-state index contributed by atoms with van der Waals surface area (Å²) < 4.78 is 0. The molecule has 0 aliphatic heterocycles. The lowest BCUT2D eigenvalue weighted by Crippen LogP contribution is -2.22. The van der Waals surface area contributed by atoms with Gasteiger partial charge in [0.1, 0.15) is 0 Å². The highest BCUT2D eigenvalue weighted by atomic mass is 16.4. The number of imidazole rings is 1. The first kappa shape index (κ1) is 12.6. The Morgan fingerprint density at radius 2 is 2.33 bits per heavy atom. The maximum absolute atomic E-state index is 10.9. The van der Waals surface area contributed by atoms with Gasteiger partial charge in [0, 0.05) is 6.04 Å². The van der Waals surface area contributed by atoms with Gasteiger partial charge in [-0.1, -0.05) is 13.0 Å². The van der Waals surface area contributed by atoms with Gasteiger partial charge >= 0.3 is 5.97 Å². The number of aromatic nitrogens is 2. The van der Waals surface area contributed by atoms with Crippen LogP contribution in [0.15, 0.2) is 24.5 Å². The van der Waals surface area contributed by atoms with Gasteiger partial charge in [0.2, 0.25) is 0 Å². The molecule has 0 radical (unpaired) electrons. The summed E-state index contributed by atoms with van der Waals surface area (Å²) in [4.78, 5) is 18.1. The van der Waals surface area contributed by atoms with E-state index in [1.54, 1.807) is 13.3 Å². The first-order chi connectivity index (χ1) is 8.61. The lowest BCUT2D eigenvalue weighted by Gasteiger charge is -2.18. The number of nitrogens with zero attached hydrogens (tertiary/aromatic N) is 1. The number of fused-ring (bicyclic) bond motifs is 1. The Hall–Kier alpha value is -1.88. The van der Waals surface area contributed by atoms with E-state index in [1.165, 1.54) is 0 Å². The number of H-pyrrole nitrogens is 1. The zero-order valence-corrected chi connectivity index (χ0v) is 10.5. The van der Waals surface area contributed by atoms with Crippen molar-refractivity contribution in [1.82, 2.24) is 15.3 Å². The molecule has 1 aromatic heterocycles. The second kappa shape index (κ2) is 5.18. The molecular formula is C13H17N3O2. The maximum atomic E-state index is 10.9. The van der Waals surface area contributed by atoms with Crippen molar-refractivity contribution in [3.63, 3.8) is 0 Å². The first-order valence-electron chi connectivity index (χ1n) is 5.95. The molecule has 0 aliphatic carbocycles. The van der Waals surface area contributed by atoms with Crippen molar-refractivity contribution in [3.05, 3.63) is 30.1 Å². The van der Waals surface area contributed by atoms with Crippen molar-refractivity contribution in [2.75, 3.05) is 7.05 Å². The molecule has 0 bridgehead atoms. The highest BCUT2D eigenvalue weighted by molar-refractivity contribution is 5.75. The second-order valence-corrected chi connectivity index (χ2v) is 4.50. The Balaban J connectivity index is 2.23. The number of carboxylic acid groups (broad SMARTS) is 1. The average Bonchev–Trinajstić information content (AvgIpc) is 2.82. The highest BCUT2D eigenvalue weighted by Crippen LogP contribution is 2.23. The van der Waals surface area contributed by atoms with Crippen LogP contribution in [0.2, 0.25) is 0 Å². The summed E-state index contributed by atoms with van der Waals surface area (Å²) in [6.45, 7) is 1.72. The van der Waals surface area contributed by atoms with Crippen LogP contribution in [0.25, 0.3) is 11.0 Å². The minimum Gasteiger partial charge on any atom is -0.481 e. The van der Waals surface area contributed by atoms with Crippen LogP contribution in [0.1, 0.15) is 24.9 Å². The quantitative estimate of drug-likeness (QED) is 0.754. The fourth-order valence-electron chi connectivity index (χ4n) is 2.04. The van der Waals surface area contributed by atoms with Crippen molar-refractivity contribution in [2.24, 2.45) is 5.92 Å². The molecule has 96 valence electrons. The Bertz CT molecular complexity index is 550. The third kappa shape index (κ3) is 2.51. The number of carbonyl (C=O) groups is 1. The topological polar surface area (TPSA) is 78.0 Å². The molecular weight excluding hydrogens is 230 g/mol. The second-order valence-electron chi connectivity index (χ2n) is 4.50. The van der Waals surface area contributed by atoms with Crippen molar-refractivity contribution >= 4 is 17.0 Å². The summed E-state index contributed by atoms with van der Waals surface area (Å²) >= 11 is 0. The van der Waals surface area contributed by atoms with Crippen molar-refractivity contribution in [3.8, 4) is 0 Å². The molecule has 2 aromatic rings. The molecule has 0 spiro atoms. The lowest BCUT2D eigenvalue weighted by atomic mass is 9.96. The van der Waals surface area contributed by atoms with Crippen LogP contribution in [0.5, 0.6) is 0 Å². The fourth-order valence-corrected chi connectivity index (χ4v) is 2.04. The molecule has 1 heterocycles. The summed E-state index contributed by atoms with van der Waals surface area (Å²) in [5.41, 5.74) is 2.96. The van der Waals surface area contributed by atoms with Crippen LogP contribution < -0.4 is 5.32 Å². The highest BCUT2D eigenvalue weighted by Gasteiger charge is 2.18. The summed E-state index contributed by atoms with van der Waals surface area (Å²) in [5.74, 6) is -1.14. The minimum atomic E-state index is -0.766. The van der Waals surface area contributed by atoms with Crippen LogP contribution in [-0.4, -0.2) is 28.1 Å². The van der Waals surface area contributed by atoms with E-state index >= 15 is 0 Å². The molecule has 3 N–H and O–H groups in total. The Morgan fingerprint density at radius 1 is 1.56 bits per heavy atom. The molecule has 0 aliphatic rings. The number of hydrogen-bond acceptors (Lipinski definition) is 3. The monoisotopic (exact) mass is 247 g/mol. The third-order valence-electron chi connectivity index (χ3n) is 3.21. The van der Waals surface area contributed by atoms with E-state index in [1.807, 2.05) is 25.2 Å². The molecule has 2 atom stereocenters. The van der Waals surface area contributed by atoms with E-state index in [0.29, 0.717) is 6.42 Å². The molecule has 0 amide bonds. The van der Waals surface area contributed by atoms with E-state index in [0.717, 1.165) is 16.6 Å². The Kier molecular flexibility index (Phi) is 3.62. The normalized spacial score (nSPS) is 14.6. The standard InChI is InChI=1S/C13H17N3O2/c1-8(13(17)18)5-11(14-2)9-3-4-10-12(6-9)16-7-15-10/h3-4,6-8,11,14H,5H2,1-2H3,(H,15,16)(H,17,18). The summed E-state index contributed by atoms with van der Waals surface area (Å²) in [6, 6.07) is 5.97. The van der Waals surface area contributed by atoms with Gasteiger partial charge in [-0.25, -0.2) is 4.98 Å². The van der Waals surface area contributed by atoms with Gasteiger partial charge in [0.15, 0.2) is 0 Å². The smallest absolute Gasteiger partial charge is 0.306 e. The van der Waals surface area contributed by atoms with E-state index in [2.05, 4.69) is 15.3 Å². The molecule has 0 saturated heterocycles. The van der Waals surface area contributed by atoms with Gasteiger partial charge in [-0.15, -0.1) is 0 Å². The third-order valence-corrected chi connectivity index (χ3v) is 3.21. The van der Waals surface area contributed by atoms with Gasteiger partial charge in [-0.3, -0.25) is 4.79 Å². The molecule has 5 nitrogen and oxygen atoms in total. The van der Waals surface area contributed by atoms with Crippen LogP contribution in [0.4, 0.5) is 0 Å². The number of aliphatic carboxylic acids is 1. The van der Waals surface area contributed by atoms with Crippen molar-refractivity contribution in [1.29, 1.82) is 0 Å². The molecule has 0 saturated carbocycles. The number of carboxylic acids is 1. The van der Waals surface area contributed by atoms with Gasteiger partial charge in [0.25, 0.3) is 0 Å². The predicted molar refractivity (Wildman–Crippen MR) is 69.3 cm³/mol.